The van der Waals surface area contributed by atoms with Gasteiger partial charge < -0.3 is 4.74 Å². The molecule has 1 heteroatoms. The van der Waals surface area contributed by atoms with Gasteiger partial charge in [-0.15, -0.1) is 0 Å². The first kappa shape index (κ1) is 10.4. The lowest BCUT2D eigenvalue weighted by Gasteiger charge is -2.26. The Labute approximate surface area is 91.8 Å². The zero-order chi connectivity index (χ0) is 11.1. The monoisotopic (exact) mass is 202 g/mol. The van der Waals surface area contributed by atoms with Crippen LogP contribution >= 0.6 is 0 Å². The molecule has 0 bridgehead atoms. The summed E-state index contributed by atoms with van der Waals surface area (Å²) in [7, 11) is 0. The van der Waals surface area contributed by atoms with Crippen molar-refractivity contribution < 1.29 is 4.74 Å². The molecule has 1 nitrogen and oxygen atoms in total. The summed E-state index contributed by atoms with van der Waals surface area (Å²) in [5.41, 5.74) is 3.39. The Bertz CT molecular complexity index is 377. The molecule has 2 atom stereocenters. The molecule has 1 saturated heterocycles. The van der Waals surface area contributed by atoms with Crippen molar-refractivity contribution in [1.29, 1.82) is 0 Å². The molecule has 0 aromatic heterocycles. The first-order valence-electron chi connectivity index (χ1n) is 5.44. The molecular formula is C14H18O. The number of benzene rings is 1. The van der Waals surface area contributed by atoms with E-state index in [0.29, 0.717) is 5.92 Å². The van der Waals surface area contributed by atoms with Gasteiger partial charge in [-0.05, 0) is 25.0 Å². The molecule has 80 valence electrons. The van der Waals surface area contributed by atoms with Crippen molar-refractivity contribution in [2.24, 2.45) is 5.92 Å². The van der Waals surface area contributed by atoms with Crippen LogP contribution in [0.5, 0.6) is 0 Å². The van der Waals surface area contributed by atoms with Gasteiger partial charge >= 0.3 is 0 Å². The minimum Gasteiger partial charge on any atom is -0.366 e. The topological polar surface area (TPSA) is 9.23 Å². The fourth-order valence-electron chi connectivity index (χ4n) is 2.10. The largest absolute Gasteiger partial charge is 0.366 e. The van der Waals surface area contributed by atoms with Crippen molar-refractivity contribution in [3.8, 4) is 0 Å². The molecule has 0 spiro atoms. The summed E-state index contributed by atoms with van der Waals surface area (Å²) in [6.45, 7) is 11.3. The number of hydrogen-bond acceptors (Lipinski definition) is 1. The van der Waals surface area contributed by atoms with Crippen LogP contribution in [0.1, 0.15) is 25.0 Å². The summed E-state index contributed by atoms with van der Waals surface area (Å²) in [5, 5.41) is 0. The minimum absolute atomic E-state index is 0.285. The summed E-state index contributed by atoms with van der Waals surface area (Å²) < 4.78 is 5.89. The maximum absolute atomic E-state index is 5.89. The van der Waals surface area contributed by atoms with Gasteiger partial charge in [0.1, 0.15) is 5.60 Å². The Morgan fingerprint density at radius 2 is 1.93 bits per heavy atom. The SMILES string of the molecule is C=C1[C@@H](C)CO[C@@]1(C)c1ccc(C)cc1. The van der Waals surface area contributed by atoms with Crippen molar-refractivity contribution in [3.05, 3.63) is 47.5 Å². The molecule has 1 aliphatic heterocycles. The van der Waals surface area contributed by atoms with Crippen LogP contribution < -0.4 is 0 Å². The van der Waals surface area contributed by atoms with E-state index in [1.165, 1.54) is 16.7 Å². The Balaban J connectivity index is 2.38. The second kappa shape index (κ2) is 3.49. The lowest BCUT2D eigenvalue weighted by molar-refractivity contribution is 0.0336. The van der Waals surface area contributed by atoms with Crippen LogP contribution in [0.3, 0.4) is 0 Å². The molecule has 0 saturated carbocycles. The van der Waals surface area contributed by atoms with Gasteiger partial charge in [0, 0.05) is 5.92 Å². The van der Waals surface area contributed by atoms with Gasteiger partial charge in [-0.25, -0.2) is 0 Å². The van der Waals surface area contributed by atoms with Crippen molar-refractivity contribution >= 4 is 0 Å². The van der Waals surface area contributed by atoms with E-state index in [0.717, 1.165) is 6.61 Å². The van der Waals surface area contributed by atoms with Gasteiger partial charge in [-0.2, -0.15) is 0 Å². The Morgan fingerprint density at radius 1 is 1.33 bits per heavy atom. The fraction of sp³-hybridized carbons (Fsp3) is 0.429. The minimum atomic E-state index is -0.285. The van der Waals surface area contributed by atoms with E-state index in [-0.39, 0.29) is 5.60 Å². The summed E-state index contributed by atoms with van der Waals surface area (Å²) in [4.78, 5) is 0. The normalized spacial score (nSPS) is 30.9. The molecule has 0 N–H and O–H groups in total. The highest BCUT2D eigenvalue weighted by Gasteiger charge is 2.39. The van der Waals surface area contributed by atoms with Crippen LogP contribution in [0, 0.1) is 12.8 Å². The number of rotatable bonds is 1. The van der Waals surface area contributed by atoms with Crippen LogP contribution in [0.25, 0.3) is 0 Å². The zero-order valence-electron chi connectivity index (χ0n) is 9.71. The van der Waals surface area contributed by atoms with Gasteiger partial charge in [-0.1, -0.05) is 43.3 Å². The van der Waals surface area contributed by atoms with E-state index in [2.05, 4.69) is 51.6 Å². The quantitative estimate of drug-likeness (QED) is 0.634. The molecule has 2 rings (SSSR count). The molecule has 1 aliphatic rings. The third kappa shape index (κ3) is 1.61. The fourth-order valence-corrected chi connectivity index (χ4v) is 2.10. The zero-order valence-corrected chi connectivity index (χ0v) is 9.71. The van der Waals surface area contributed by atoms with E-state index in [9.17, 15) is 0 Å². The first-order chi connectivity index (χ1) is 7.04. The number of hydrogen-bond donors (Lipinski definition) is 0. The Hall–Kier alpha value is -1.08. The highest BCUT2D eigenvalue weighted by Crippen LogP contribution is 2.42. The predicted molar refractivity (Wildman–Crippen MR) is 62.8 cm³/mol. The molecule has 0 amide bonds. The number of ether oxygens (including phenoxy) is 1. The van der Waals surface area contributed by atoms with Gasteiger partial charge in [0.15, 0.2) is 0 Å². The molecule has 0 aliphatic carbocycles. The molecular weight excluding hydrogens is 184 g/mol. The first-order valence-corrected chi connectivity index (χ1v) is 5.44. The highest BCUT2D eigenvalue weighted by atomic mass is 16.5. The molecule has 0 radical (unpaired) electrons. The second-order valence-electron chi connectivity index (χ2n) is 4.64. The standard InChI is InChI=1S/C14H18O/c1-10-5-7-13(8-6-10)14(4)12(3)11(2)9-15-14/h5-8,11H,3,9H2,1-2,4H3/t11-,14+/m0/s1. The van der Waals surface area contributed by atoms with Crippen molar-refractivity contribution in [2.45, 2.75) is 26.4 Å². The van der Waals surface area contributed by atoms with E-state index >= 15 is 0 Å². The lowest BCUT2D eigenvalue weighted by Crippen LogP contribution is -2.22. The van der Waals surface area contributed by atoms with Crippen molar-refractivity contribution in [3.63, 3.8) is 0 Å². The van der Waals surface area contributed by atoms with Gasteiger partial charge in [0.2, 0.25) is 0 Å². The van der Waals surface area contributed by atoms with Gasteiger partial charge in [-0.3, -0.25) is 0 Å². The van der Waals surface area contributed by atoms with E-state index in [1.54, 1.807) is 0 Å². The summed E-state index contributed by atoms with van der Waals surface area (Å²) >= 11 is 0. The number of aryl methyl sites for hydroxylation is 1. The summed E-state index contributed by atoms with van der Waals surface area (Å²) in [5.74, 6) is 0.455. The van der Waals surface area contributed by atoms with Gasteiger partial charge in [0.25, 0.3) is 0 Å². The van der Waals surface area contributed by atoms with Crippen LogP contribution in [-0.4, -0.2) is 6.61 Å². The molecule has 1 heterocycles. The maximum Gasteiger partial charge on any atom is 0.111 e. The second-order valence-corrected chi connectivity index (χ2v) is 4.64. The van der Waals surface area contributed by atoms with Crippen LogP contribution in [0.4, 0.5) is 0 Å². The maximum atomic E-state index is 5.89. The van der Waals surface area contributed by atoms with E-state index < -0.39 is 0 Å². The molecule has 1 fully saturated rings. The third-order valence-corrected chi connectivity index (χ3v) is 3.43. The smallest absolute Gasteiger partial charge is 0.111 e. The summed E-state index contributed by atoms with van der Waals surface area (Å²) in [6, 6.07) is 8.53. The molecule has 1 aromatic rings. The average Bonchev–Trinajstić information content (AvgIpc) is 2.48. The van der Waals surface area contributed by atoms with E-state index in [1.807, 2.05) is 0 Å². The van der Waals surface area contributed by atoms with Crippen LogP contribution in [0.2, 0.25) is 0 Å². The van der Waals surface area contributed by atoms with Crippen LogP contribution in [0.15, 0.2) is 36.4 Å². The third-order valence-electron chi connectivity index (χ3n) is 3.43. The predicted octanol–water partition coefficient (Wildman–Crippen LogP) is 3.43. The summed E-state index contributed by atoms with van der Waals surface area (Å²) in [6.07, 6.45) is 0. The molecule has 1 aromatic carbocycles. The highest BCUT2D eigenvalue weighted by molar-refractivity contribution is 5.35. The van der Waals surface area contributed by atoms with Crippen molar-refractivity contribution in [1.82, 2.24) is 0 Å². The molecule has 15 heavy (non-hydrogen) atoms. The van der Waals surface area contributed by atoms with Crippen LogP contribution in [-0.2, 0) is 10.3 Å². The average molecular weight is 202 g/mol. The Morgan fingerprint density at radius 3 is 2.40 bits per heavy atom. The Kier molecular flexibility index (Phi) is 2.43. The van der Waals surface area contributed by atoms with E-state index in [4.69, 9.17) is 4.74 Å². The van der Waals surface area contributed by atoms with Crippen molar-refractivity contribution in [2.75, 3.05) is 6.61 Å². The lowest BCUT2D eigenvalue weighted by atomic mass is 9.85. The molecule has 0 unspecified atom stereocenters. The van der Waals surface area contributed by atoms with Gasteiger partial charge in [0.05, 0.1) is 6.61 Å².